The molecule has 2 rings (SSSR count). The predicted molar refractivity (Wildman–Crippen MR) is 58.8 cm³/mol. The molecule has 4 nitrogen and oxygen atoms in total. The van der Waals surface area contributed by atoms with Crippen LogP contribution in [-0.2, 0) is 4.74 Å². The zero-order valence-electron chi connectivity index (χ0n) is 9.07. The van der Waals surface area contributed by atoms with Crippen molar-refractivity contribution in [2.75, 3.05) is 25.1 Å². The number of aryl methyl sites for hydroxylation is 1. The fourth-order valence-electron chi connectivity index (χ4n) is 1.34. The number of nitrogens with zero attached hydrogens (tertiary/aromatic N) is 2. The highest BCUT2D eigenvalue weighted by Gasteiger charge is 2.20. The third-order valence-corrected chi connectivity index (χ3v) is 2.39. The van der Waals surface area contributed by atoms with Gasteiger partial charge in [-0.05, 0) is 37.3 Å². The van der Waals surface area contributed by atoms with E-state index in [9.17, 15) is 0 Å². The first-order chi connectivity index (χ1) is 7.34. The van der Waals surface area contributed by atoms with Crippen LogP contribution in [0.1, 0.15) is 18.4 Å². The lowest BCUT2D eigenvalue weighted by Gasteiger charge is -2.05. The molecule has 4 heteroatoms. The van der Waals surface area contributed by atoms with Crippen LogP contribution in [0.4, 0.5) is 5.82 Å². The Kier molecular flexibility index (Phi) is 3.50. The van der Waals surface area contributed by atoms with Crippen LogP contribution in [0.2, 0.25) is 0 Å². The Morgan fingerprint density at radius 1 is 1.53 bits per heavy atom. The minimum absolute atomic E-state index is 0.742. The van der Waals surface area contributed by atoms with E-state index in [1.54, 1.807) is 6.20 Å². The van der Waals surface area contributed by atoms with Gasteiger partial charge in [0.15, 0.2) is 0 Å². The molecule has 0 aliphatic heterocycles. The van der Waals surface area contributed by atoms with Crippen LogP contribution in [0, 0.1) is 12.8 Å². The second kappa shape index (κ2) is 5.07. The molecule has 1 aromatic rings. The van der Waals surface area contributed by atoms with Crippen molar-refractivity contribution in [2.45, 2.75) is 19.8 Å². The van der Waals surface area contributed by atoms with E-state index in [4.69, 9.17) is 4.74 Å². The van der Waals surface area contributed by atoms with Gasteiger partial charge in [0.2, 0.25) is 0 Å². The predicted octanol–water partition coefficient (Wildman–Crippen LogP) is 1.62. The minimum atomic E-state index is 0.742. The SMILES string of the molecule is Cc1cnnc(NCCOCC2CC2)c1. The van der Waals surface area contributed by atoms with Gasteiger partial charge >= 0.3 is 0 Å². The van der Waals surface area contributed by atoms with Gasteiger partial charge in [-0.15, -0.1) is 5.10 Å². The molecular weight excluding hydrogens is 190 g/mol. The zero-order chi connectivity index (χ0) is 10.5. The summed E-state index contributed by atoms with van der Waals surface area (Å²) in [7, 11) is 0. The van der Waals surface area contributed by atoms with Crippen molar-refractivity contribution in [2.24, 2.45) is 5.92 Å². The molecule has 0 spiro atoms. The van der Waals surface area contributed by atoms with Crippen molar-refractivity contribution in [1.82, 2.24) is 10.2 Å². The first kappa shape index (κ1) is 10.4. The molecule has 0 saturated heterocycles. The Morgan fingerprint density at radius 3 is 3.13 bits per heavy atom. The van der Waals surface area contributed by atoms with E-state index in [1.807, 2.05) is 13.0 Å². The number of rotatable bonds is 6. The summed E-state index contributed by atoms with van der Waals surface area (Å²) < 4.78 is 5.50. The Morgan fingerprint density at radius 2 is 2.40 bits per heavy atom. The summed E-state index contributed by atoms with van der Waals surface area (Å²) in [4.78, 5) is 0. The molecule has 1 heterocycles. The van der Waals surface area contributed by atoms with Gasteiger partial charge in [0.05, 0.1) is 12.8 Å². The number of anilines is 1. The fourth-order valence-corrected chi connectivity index (χ4v) is 1.34. The fraction of sp³-hybridized carbons (Fsp3) is 0.636. The Labute approximate surface area is 90.1 Å². The third kappa shape index (κ3) is 3.83. The monoisotopic (exact) mass is 207 g/mol. The molecule has 1 aliphatic carbocycles. The van der Waals surface area contributed by atoms with Crippen LogP contribution >= 0.6 is 0 Å². The van der Waals surface area contributed by atoms with Gasteiger partial charge in [-0.2, -0.15) is 5.10 Å². The molecule has 1 N–H and O–H groups in total. The first-order valence-electron chi connectivity index (χ1n) is 5.45. The van der Waals surface area contributed by atoms with Crippen molar-refractivity contribution >= 4 is 5.82 Å². The van der Waals surface area contributed by atoms with Gasteiger partial charge in [0, 0.05) is 13.2 Å². The van der Waals surface area contributed by atoms with Gasteiger partial charge in [0.25, 0.3) is 0 Å². The van der Waals surface area contributed by atoms with Crippen LogP contribution in [0.3, 0.4) is 0 Å². The first-order valence-corrected chi connectivity index (χ1v) is 5.45. The topological polar surface area (TPSA) is 47.0 Å². The summed E-state index contributed by atoms with van der Waals surface area (Å²) in [6, 6.07) is 1.98. The molecule has 82 valence electrons. The van der Waals surface area contributed by atoms with Gasteiger partial charge < -0.3 is 10.1 Å². The van der Waals surface area contributed by atoms with Gasteiger partial charge in [0.1, 0.15) is 5.82 Å². The van der Waals surface area contributed by atoms with Gasteiger partial charge in [-0.1, -0.05) is 0 Å². The maximum atomic E-state index is 5.50. The molecule has 0 amide bonds. The summed E-state index contributed by atoms with van der Waals surface area (Å²) in [5.41, 5.74) is 1.12. The lowest BCUT2D eigenvalue weighted by atomic mass is 10.3. The van der Waals surface area contributed by atoms with Gasteiger partial charge in [-0.3, -0.25) is 0 Å². The van der Waals surface area contributed by atoms with Crippen molar-refractivity contribution in [3.63, 3.8) is 0 Å². The standard InChI is InChI=1S/C11H17N3O/c1-9-6-11(14-13-7-9)12-4-5-15-8-10-2-3-10/h6-7,10H,2-5,8H2,1H3,(H,12,14). The van der Waals surface area contributed by atoms with Crippen LogP contribution in [0.15, 0.2) is 12.3 Å². The normalized spacial score (nSPS) is 15.3. The third-order valence-electron chi connectivity index (χ3n) is 2.39. The van der Waals surface area contributed by atoms with E-state index >= 15 is 0 Å². The van der Waals surface area contributed by atoms with E-state index < -0.39 is 0 Å². The smallest absolute Gasteiger partial charge is 0.148 e. The van der Waals surface area contributed by atoms with Crippen LogP contribution in [0.5, 0.6) is 0 Å². The second-order valence-corrected chi connectivity index (χ2v) is 4.06. The van der Waals surface area contributed by atoms with Crippen molar-refractivity contribution in [1.29, 1.82) is 0 Å². The quantitative estimate of drug-likeness (QED) is 0.720. The highest BCUT2D eigenvalue weighted by molar-refractivity contribution is 5.34. The summed E-state index contributed by atoms with van der Waals surface area (Å²) in [5.74, 6) is 1.66. The molecule has 0 atom stereocenters. The number of aromatic nitrogens is 2. The maximum absolute atomic E-state index is 5.50. The number of hydrogen-bond donors (Lipinski definition) is 1. The molecule has 15 heavy (non-hydrogen) atoms. The van der Waals surface area contributed by atoms with E-state index in [0.717, 1.165) is 37.1 Å². The van der Waals surface area contributed by atoms with Crippen molar-refractivity contribution in [3.8, 4) is 0 Å². The highest BCUT2D eigenvalue weighted by Crippen LogP contribution is 2.28. The Balaban J connectivity index is 1.60. The molecule has 0 radical (unpaired) electrons. The number of ether oxygens (including phenoxy) is 1. The van der Waals surface area contributed by atoms with E-state index in [0.29, 0.717) is 0 Å². The summed E-state index contributed by atoms with van der Waals surface area (Å²) >= 11 is 0. The minimum Gasteiger partial charge on any atom is -0.379 e. The average molecular weight is 207 g/mol. The molecule has 1 aromatic heterocycles. The second-order valence-electron chi connectivity index (χ2n) is 4.06. The molecule has 0 unspecified atom stereocenters. The molecule has 1 aliphatic rings. The maximum Gasteiger partial charge on any atom is 0.148 e. The van der Waals surface area contributed by atoms with E-state index in [-0.39, 0.29) is 0 Å². The molecule has 1 fully saturated rings. The summed E-state index contributed by atoms with van der Waals surface area (Å²) in [6.45, 7) is 4.46. The molecule has 0 aromatic carbocycles. The lowest BCUT2D eigenvalue weighted by Crippen LogP contribution is -2.11. The summed E-state index contributed by atoms with van der Waals surface area (Å²) in [5, 5.41) is 11.0. The van der Waals surface area contributed by atoms with Crippen molar-refractivity contribution in [3.05, 3.63) is 17.8 Å². The van der Waals surface area contributed by atoms with Crippen LogP contribution < -0.4 is 5.32 Å². The number of hydrogen-bond acceptors (Lipinski definition) is 4. The van der Waals surface area contributed by atoms with Crippen molar-refractivity contribution < 1.29 is 4.74 Å². The Bertz CT molecular complexity index is 312. The molecular formula is C11H17N3O. The van der Waals surface area contributed by atoms with E-state index in [2.05, 4.69) is 15.5 Å². The largest absolute Gasteiger partial charge is 0.379 e. The van der Waals surface area contributed by atoms with Crippen LogP contribution in [0.25, 0.3) is 0 Å². The average Bonchev–Trinajstić information content (AvgIpc) is 3.01. The Hall–Kier alpha value is -1.16. The molecule has 0 bridgehead atoms. The van der Waals surface area contributed by atoms with E-state index in [1.165, 1.54) is 12.8 Å². The van der Waals surface area contributed by atoms with Gasteiger partial charge in [-0.25, -0.2) is 0 Å². The summed E-state index contributed by atoms with van der Waals surface area (Å²) in [6.07, 6.45) is 4.43. The highest BCUT2D eigenvalue weighted by atomic mass is 16.5. The molecule has 1 saturated carbocycles. The lowest BCUT2D eigenvalue weighted by molar-refractivity contribution is 0.134. The van der Waals surface area contributed by atoms with Crippen LogP contribution in [-0.4, -0.2) is 30.0 Å². The zero-order valence-corrected chi connectivity index (χ0v) is 9.07. The number of nitrogens with one attached hydrogen (secondary N) is 1.